The van der Waals surface area contributed by atoms with Gasteiger partial charge in [-0.25, -0.2) is 0 Å². The summed E-state index contributed by atoms with van der Waals surface area (Å²) in [6.07, 6.45) is 5.69. The molecule has 1 heterocycles. The Labute approximate surface area is 231 Å². The Hall–Kier alpha value is -2.71. The second kappa shape index (κ2) is 13.9. The molecule has 5 atom stereocenters. The maximum Gasteiger partial charge on any atom is 0.248 e. The van der Waals surface area contributed by atoms with Gasteiger partial charge >= 0.3 is 0 Å². The number of hydrogen-bond acceptors (Lipinski definition) is 5. The third kappa shape index (κ3) is 8.40. The molecular formula is C30H40ClN3O4. The van der Waals surface area contributed by atoms with E-state index in [-0.39, 0.29) is 18.6 Å². The molecule has 206 valence electrons. The molecule has 0 aliphatic carbocycles. The fraction of sp³-hybridized carbons (Fsp3) is 0.467. The van der Waals surface area contributed by atoms with Gasteiger partial charge in [-0.15, -0.1) is 0 Å². The Bertz CT molecular complexity index is 1090. The summed E-state index contributed by atoms with van der Waals surface area (Å²) in [5.74, 6) is -0.605. The number of hydrogen-bond donors (Lipinski definition) is 3. The van der Waals surface area contributed by atoms with Crippen LogP contribution in [0.1, 0.15) is 44.7 Å². The summed E-state index contributed by atoms with van der Waals surface area (Å²) in [5.41, 5.74) is 7.29. The zero-order valence-corrected chi connectivity index (χ0v) is 23.2. The predicted molar refractivity (Wildman–Crippen MR) is 150 cm³/mol. The number of carbonyl (C=O) groups is 2. The third-order valence-corrected chi connectivity index (χ3v) is 7.20. The molecule has 7 nitrogen and oxygen atoms in total. The minimum absolute atomic E-state index is 0.0475. The number of carbonyl (C=O) groups excluding carboxylic acids is 2. The lowest BCUT2D eigenvalue weighted by Crippen LogP contribution is -2.57. The first kappa shape index (κ1) is 29.8. The van der Waals surface area contributed by atoms with Gasteiger partial charge in [0.15, 0.2) is 0 Å². The van der Waals surface area contributed by atoms with Crippen molar-refractivity contribution in [2.75, 3.05) is 13.2 Å². The van der Waals surface area contributed by atoms with Crippen LogP contribution in [0.2, 0.25) is 5.02 Å². The zero-order valence-electron chi connectivity index (χ0n) is 22.5. The lowest BCUT2D eigenvalue weighted by molar-refractivity contribution is -0.141. The van der Waals surface area contributed by atoms with Gasteiger partial charge in [0.25, 0.3) is 0 Å². The summed E-state index contributed by atoms with van der Waals surface area (Å²) in [5, 5.41) is 13.7. The molecule has 38 heavy (non-hydrogen) atoms. The summed E-state index contributed by atoms with van der Waals surface area (Å²) < 4.78 is 6.03. The zero-order chi connectivity index (χ0) is 27.7. The lowest BCUT2D eigenvalue weighted by atomic mass is 9.83. The molecule has 2 amide bonds. The highest BCUT2D eigenvalue weighted by molar-refractivity contribution is 6.30. The van der Waals surface area contributed by atoms with E-state index in [0.717, 1.165) is 24.0 Å². The van der Waals surface area contributed by atoms with Crippen LogP contribution < -0.4 is 11.1 Å². The standard InChI is InChI=1S/C30H40ClN3O4/c1-21(32)28(36)33-27(22(2)38-19-23-9-5-4-6-10-23)29(37)34-16-8-13-26(34)14-15-30(3,20-35)18-24-11-7-12-25(31)17-24/h4-7,9-12,14-15,17,21-22,26-27,35H,8,13,16,18-20,32H2,1-3H3,(H,33,36)/b15-14+/t21-,22+,26-,27?,30-/m0/s1. The predicted octanol–water partition coefficient (Wildman–Crippen LogP) is 3.87. The van der Waals surface area contributed by atoms with Gasteiger partial charge in [0.2, 0.25) is 11.8 Å². The number of aliphatic hydroxyl groups is 1. The van der Waals surface area contributed by atoms with Crippen molar-refractivity contribution < 1.29 is 19.4 Å². The highest BCUT2D eigenvalue weighted by Gasteiger charge is 2.37. The van der Waals surface area contributed by atoms with E-state index in [0.29, 0.717) is 24.6 Å². The molecular weight excluding hydrogens is 502 g/mol. The lowest BCUT2D eigenvalue weighted by Gasteiger charge is -2.32. The van der Waals surface area contributed by atoms with E-state index >= 15 is 0 Å². The van der Waals surface area contributed by atoms with Crippen molar-refractivity contribution in [2.24, 2.45) is 11.1 Å². The first-order valence-corrected chi connectivity index (χ1v) is 13.6. The van der Waals surface area contributed by atoms with Crippen LogP contribution in [0.4, 0.5) is 0 Å². The molecule has 1 saturated heterocycles. The minimum atomic E-state index is -0.873. The molecule has 2 aromatic rings. The molecule has 2 aromatic carbocycles. The molecule has 0 saturated carbocycles. The normalized spacial score (nSPS) is 19.6. The van der Waals surface area contributed by atoms with Gasteiger partial charge in [0.05, 0.1) is 31.4 Å². The van der Waals surface area contributed by atoms with Crippen LogP contribution in [-0.2, 0) is 27.4 Å². The number of nitrogens with one attached hydrogen (secondary N) is 1. The Morgan fingerprint density at radius 1 is 1.21 bits per heavy atom. The average molecular weight is 542 g/mol. The maximum atomic E-state index is 13.8. The molecule has 1 aliphatic heterocycles. The van der Waals surface area contributed by atoms with Crippen LogP contribution in [0.3, 0.4) is 0 Å². The van der Waals surface area contributed by atoms with Gasteiger partial charge in [0, 0.05) is 17.0 Å². The summed E-state index contributed by atoms with van der Waals surface area (Å²) >= 11 is 6.15. The Kier molecular flexibility index (Phi) is 10.9. The third-order valence-electron chi connectivity index (χ3n) is 6.96. The van der Waals surface area contributed by atoms with Crippen molar-refractivity contribution in [3.8, 4) is 0 Å². The van der Waals surface area contributed by atoms with Crippen LogP contribution in [0.15, 0.2) is 66.7 Å². The monoisotopic (exact) mass is 541 g/mol. The van der Waals surface area contributed by atoms with Crippen LogP contribution in [0.25, 0.3) is 0 Å². The summed E-state index contributed by atoms with van der Waals surface area (Å²) in [4.78, 5) is 28.1. The molecule has 0 aromatic heterocycles. The molecule has 1 aliphatic rings. The van der Waals surface area contributed by atoms with Crippen LogP contribution in [-0.4, -0.2) is 59.2 Å². The molecule has 0 spiro atoms. The van der Waals surface area contributed by atoms with Crippen LogP contribution in [0.5, 0.6) is 0 Å². The fourth-order valence-electron chi connectivity index (χ4n) is 4.63. The second-order valence-electron chi connectivity index (χ2n) is 10.5. The number of likely N-dealkylation sites (tertiary alicyclic amines) is 1. The van der Waals surface area contributed by atoms with E-state index in [1.807, 2.05) is 73.7 Å². The van der Waals surface area contributed by atoms with Crippen molar-refractivity contribution in [1.29, 1.82) is 0 Å². The highest BCUT2D eigenvalue weighted by atomic mass is 35.5. The number of rotatable bonds is 12. The van der Waals surface area contributed by atoms with Crippen molar-refractivity contribution in [3.63, 3.8) is 0 Å². The van der Waals surface area contributed by atoms with Gasteiger partial charge < -0.3 is 25.8 Å². The number of benzene rings is 2. The number of ether oxygens (including phenoxy) is 1. The van der Waals surface area contributed by atoms with E-state index in [1.165, 1.54) is 0 Å². The quantitative estimate of drug-likeness (QED) is 0.354. The average Bonchev–Trinajstić information content (AvgIpc) is 3.38. The minimum Gasteiger partial charge on any atom is -0.395 e. The number of amides is 2. The van der Waals surface area contributed by atoms with Crippen molar-refractivity contribution in [3.05, 3.63) is 82.9 Å². The molecule has 3 rings (SSSR count). The van der Waals surface area contributed by atoms with E-state index in [2.05, 4.69) is 5.32 Å². The topological polar surface area (TPSA) is 105 Å². The second-order valence-corrected chi connectivity index (χ2v) is 10.9. The Morgan fingerprint density at radius 3 is 2.58 bits per heavy atom. The molecule has 0 bridgehead atoms. The fourth-order valence-corrected chi connectivity index (χ4v) is 4.84. The molecule has 4 N–H and O–H groups in total. The summed E-state index contributed by atoms with van der Waals surface area (Å²) in [6.45, 7) is 6.21. The maximum absolute atomic E-state index is 13.8. The van der Waals surface area contributed by atoms with E-state index in [4.69, 9.17) is 22.1 Å². The Morgan fingerprint density at radius 2 is 1.92 bits per heavy atom. The smallest absolute Gasteiger partial charge is 0.248 e. The highest BCUT2D eigenvalue weighted by Crippen LogP contribution is 2.28. The number of nitrogens with zero attached hydrogens (tertiary/aromatic N) is 1. The van der Waals surface area contributed by atoms with E-state index in [9.17, 15) is 14.7 Å². The van der Waals surface area contributed by atoms with Crippen LogP contribution in [0, 0.1) is 5.41 Å². The molecule has 0 radical (unpaired) electrons. The van der Waals surface area contributed by atoms with Gasteiger partial charge in [-0.05, 0) is 56.4 Å². The van der Waals surface area contributed by atoms with Crippen molar-refractivity contribution in [2.45, 2.75) is 70.9 Å². The van der Waals surface area contributed by atoms with Gasteiger partial charge in [-0.2, -0.15) is 0 Å². The number of aliphatic hydroxyl groups excluding tert-OH is 1. The van der Waals surface area contributed by atoms with E-state index in [1.54, 1.807) is 18.7 Å². The van der Waals surface area contributed by atoms with Gasteiger partial charge in [0.1, 0.15) is 6.04 Å². The molecule has 8 heteroatoms. The van der Waals surface area contributed by atoms with Gasteiger partial charge in [-0.1, -0.05) is 73.1 Å². The first-order chi connectivity index (χ1) is 18.1. The largest absolute Gasteiger partial charge is 0.395 e. The van der Waals surface area contributed by atoms with Crippen LogP contribution >= 0.6 is 11.6 Å². The summed E-state index contributed by atoms with van der Waals surface area (Å²) in [7, 11) is 0. The number of nitrogens with two attached hydrogens (primary N) is 1. The first-order valence-electron chi connectivity index (χ1n) is 13.2. The number of halogens is 1. The molecule has 1 fully saturated rings. The molecule has 1 unspecified atom stereocenters. The SMILES string of the molecule is C[C@H](N)C(=O)NC(C(=O)N1CCC[C@H]1/C=C/[C@](C)(CO)Cc1cccc(Cl)c1)[C@@H](C)OCc1ccccc1. The summed E-state index contributed by atoms with van der Waals surface area (Å²) in [6, 6.07) is 15.5. The van der Waals surface area contributed by atoms with Crippen molar-refractivity contribution >= 4 is 23.4 Å². The Balaban J connectivity index is 1.74. The van der Waals surface area contributed by atoms with E-state index < -0.39 is 29.5 Å². The van der Waals surface area contributed by atoms with Crippen molar-refractivity contribution in [1.82, 2.24) is 10.2 Å². The van der Waals surface area contributed by atoms with Gasteiger partial charge in [-0.3, -0.25) is 9.59 Å².